The number of imidazole rings is 1. The van der Waals surface area contributed by atoms with Gasteiger partial charge in [0.25, 0.3) is 0 Å². The van der Waals surface area contributed by atoms with Gasteiger partial charge in [-0.2, -0.15) is 0 Å². The average Bonchev–Trinajstić information content (AvgIpc) is 3.25. The average molecular weight is 412 g/mol. The van der Waals surface area contributed by atoms with Crippen molar-refractivity contribution in [2.24, 2.45) is 0 Å². The van der Waals surface area contributed by atoms with Gasteiger partial charge in [0.05, 0.1) is 16.6 Å². The van der Waals surface area contributed by atoms with Crippen molar-refractivity contribution >= 4 is 21.9 Å². The summed E-state index contributed by atoms with van der Waals surface area (Å²) < 4.78 is 2.23. The third kappa shape index (κ3) is 2.98. The highest BCUT2D eigenvalue weighted by Gasteiger charge is 2.14. The van der Waals surface area contributed by atoms with Crippen molar-refractivity contribution in [3.8, 4) is 28.2 Å². The fraction of sp³-hybridized carbons (Fsp3) is 0.0345. The number of hydrogen-bond donors (Lipinski definition) is 0. The predicted molar refractivity (Wildman–Crippen MR) is 132 cm³/mol. The van der Waals surface area contributed by atoms with E-state index in [1.54, 1.807) is 0 Å². The van der Waals surface area contributed by atoms with Crippen molar-refractivity contribution in [1.29, 1.82) is 0 Å². The zero-order chi connectivity index (χ0) is 21.5. The molecule has 0 bridgehead atoms. The second kappa shape index (κ2) is 7.47. The molecule has 4 aromatic carbocycles. The van der Waals surface area contributed by atoms with Gasteiger partial charge < -0.3 is 0 Å². The summed E-state index contributed by atoms with van der Waals surface area (Å²) in [5, 5.41) is 1.18. The maximum Gasteiger partial charge on any atom is 0.145 e. The van der Waals surface area contributed by atoms with E-state index in [0.717, 1.165) is 33.6 Å². The molecule has 0 unspecified atom stereocenters. The predicted octanol–water partition coefficient (Wildman–Crippen LogP) is 7.22. The molecule has 0 spiro atoms. The van der Waals surface area contributed by atoms with Gasteiger partial charge in [0.2, 0.25) is 0 Å². The highest BCUT2D eigenvalue weighted by atomic mass is 15.1. The Bertz CT molecular complexity index is 1560. The van der Waals surface area contributed by atoms with Gasteiger partial charge in [0.1, 0.15) is 5.82 Å². The van der Waals surface area contributed by atoms with E-state index in [2.05, 4.69) is 101 Å². The number of benzene rings is 4. The van der Waals surface area contributed by atoms with Crippen molar-refractivity contribution in [3.63, 3.8) is 0 Å². The molecule has 0 aliphatic carbocycles. The van der Waals surface area contributed by atoms with Gasteiger partial charge in [-0.15, -0.1) is 0 Å². The van der Waals surface area contributed by atoms with Crippen LogP contribution in [0.5, 0.6) is 0 Å². The number of rotatable bonds is 3. The van der Waals surface area contributed by atoms with Crippen LogP contribution in [0.15, 0.2) is 109 Å². The first-order valence-electron chi connectivity index (χ1n) is 10.8. The van der Waals surface area contributed by atoms with Crippen LogP contribution in [0.1, 0.15) is 5.56 Å². The van der Waals surface area contributed by atoms with Gasteiger partial charge in [-0.25, -0.2) is 4.98 Å². The number of pyridine rings is 1. The lowest BCUT2D eigenvalue weighted by molar-refractivity contribution is 1.10. The van der Waals surface area contributed by atoms with E-state index in [4.69, 9.17) is 4.98 Å². The molecular formula is C29H21N3. The summed E-state index contributed by atoms with van der Waals surface area (Å²) in [6.07, 6.45) is 1.86. The van der Waals surface area contributed by atoms with E-state index in [1.807, 2.05) is 24.4 Å². The SMILES string of the molecule is Cc1ccc(-c2ccc(-c3nc4ccccc4n3-c3ccccc3)cc2)c2cccnc12. The lowest BCUT2D eigenvalue weighted by Gasteiger charge is -2.11. The molecule has 2 heterocycles. The minimum Gasteiger partial charge on any atom is -0.292 e. The van der Waals surface area contributed by atoms with E-state index in [-0.39, 0.29) is 0 Å². The van der Waals surface area contributed by atoms with Gasteiger partial charge in [-0.05, 0) is 53.9 Å². The molecule has 3 heteroatoms. The summed E-state index contributed by atoms with van der Waals surface area (Å²) in [7, 11) is 0. The molecule has 6 aromatic rings. The third-order valence-corrected chi connectivity index (χ3v) is 6.00. The van der Waals surface area contributed by atoms with E-state index >= 15 is 0 Å². The maximum atomic E-state index is 4.98. The first kappa shape index (κ1) is 18.5. The molecule has 0 saturated heterocycles. The fourth-order valence-electron chi connectivity index (χ4n) is 4.42. The van der Waals surface area contributed by atoms with Crippen LogP contribution in [0.2, 0.25) is 0 Å². The molecule has 0 atom stereocenters. The number of fused-ring (bicyclic) bond motifs is 2. The van der Waals surface area contributed by atoms with Crippen LogP contribution in [-0.4, -0.2) is 14.5 Å². The summed E-state index contributed by atoms with van der Waals surface area (Å²) >= 11 is 0. The van der Waals surface area contributed by atoms with Gasteiger partial charge in [-0.3, -0.25) is 9.55 Å². The molecule has 0 aliphatic rings. The molecule has 152 valence electrons. The summed E-state index contributed by atoms with van der Waals surface area (Å²) in [6, 6.07) is 35.9. The Kier molecular flexibility index (Phi) is 4.32. The summed E-state index contributed by atoms with van der Waals surface area (Å²) in [6.45, 7) is 2.11. The fourth-order valence-corrected chi connectivity index (χ4v) is 4.42. The van der Waals surface area contributed by atoms with Gasteiger partial charge >= 0.3 is 0 Å². The number of nitrogens with zero attached hydrogens (tertiary/aromatic N) is 3. The molecule has 0 fully saturated rings. The molecule has 32 heavy (non-hydrogen) atoms. The molecule has 0 saturated carbocycles. The second-order valence-electron chi connectivity index (χ2n) is 8.00. The third-order valence-electron chi connectivity index (χ3n) is 6.00. The number of hydrogen-bond acceptors (Lipinski definition) is 2. The molecular weight excluding hydrogens is 390 g/mol. The summed E-state index contributed by atoms with van der Waals surface area (Å²) in [5.41, 5.74) is 8.91. The van der Waals surface area contributed by atoms with Crippen LogP contribution >= 0.6 is 0 Å². The summed E-state index contributed by atoms with van der Waals surface area (Å²) in [4.78, 5) is 9.56. The summed E-state index contributed by atoms with van der Waals surface area (Å²) in [5.74, 6) is 0.944. The minimum atomic E-state index is 0.944. The smallest absolute Gasteiger partial charge is 0.145 e. The van der Waals surface area contributed by atoms with Crippen molar-refractivity contribution in [2.75, 3.05) is 0 Å². The molecule has 0 N–H and O–H groups in total. The van der Waals surface area contributed by atoms with E-state index in [1.165, 1.54) is 22.1 Å². The highest BCUT2D eigenvalue weighted by molar-refractivity contribution is 5.96. The van der Waals surface area contributed by atoms with Crippen LogP contribution in [0.4, 0.5) is 0 Å². The quantitative estimate of drug-likeness (QED) is 0.308. The van der Waals surface area contributed by atoms with E-state index in [9.17, 15) is 0 Å². The second-order valence-corrected chi connectivity index (χ2v) is 8.00. The van der Waals surface area contributed by atoms with Gasteiger partial charge in [-0.1, -0.05) is 72.8 Å². The van der Waals surface area contributed by atoms with Gasteiger partial charge in [0.15, 0.2) is 0 Å². The van der Waals surface area contributed by atoms with E-state index < -0.39 is 0 Å². The lowest BCUT2D eigenvalue weighted by Crippen LogP contribution is -1.97. The number of aryl methyl sites for hydroxylation is 1. The highest BCUT2D eigenvalue weighted by Crippen LogP contribution is 2.33. The normalized spacial score (nSPS) is 11.3. The van der Waals surface area contributed by atoms with Gasteiger partial charge in [0, 0.05) is 22.8 Å². The molecule has 0 amide bonds. The van der Waals surface area contributed by atoms with E-state index in [0.29, 0.717) is 0 Å². The Morgan fingerprint density at radius 2 is 1.41 bits per heavy atom. The van der Waals surface area contributed by atoms with Crippen molar-refractivity contribution in [1.82, 2.24) is 14.5 Å². The molecule has 2 aromatic heterocycles. The first-order chi connectivity index (χ1) is 15.8. The maximum absolute atomic E-state index is 4.98. The number of para-hydroxylation sites is 3. The Morgan fingerprint density at radius 3 is 2.25 bits per heavy atom. The molecule has 6 rings (SSSR count). The molecule has 0 aliphatic heterocycles. The Balaban J connectivity index is 1.50. The Labute approximate surface area is 186 Å². The zero-order valence-electron chi connectivity index (χ0n) is 17.7. The standard InChI is InChI=1S/C29H21N3/c1-20-13-18-24(25-10-7-19-30-28(20)25)21-14-16-22(17-15-21)29-31-26-11-5-6-12-27(26)32(29)23-8-3-2-4-9-23/h2-19H,1H3. The lowest BCUT2D eigenvalue weighted by atomic mass is 9.97. The van der Waals surface area contributed by atoms with Crippen molar-refractivity contribution in [2.45, 2.75) is 6.92 Å². The van der Waals surface area contributed by atoms with Crippen LogP contribution in [0.25, 0.3) is 50.1 Å². The van der Waals surface area contributed by atoms with Crippen molar-refractivity contribution < 1.29 is 0 Å². The van der Waals surface area contributed by atoms with Crippen LogP contribution in [0, 0.1) is 6.92 Å². The van der Waals surface area contributed by atoms with Crippen LogP contribution in [0.3, 0.4) is 0 Å². The minimum absolute atomic E-state index is 0.944. The zero-order valence-corrected chi connectivity index (χ0v) is 17.7. The molecule has 3 nitrogen and oxygen atoms in total. The molecule has 0 radical (unpaired) electrons. The monoisotopic (exact) mass is 411 g/mol. The largest absolute Gasteiger partial charge is 0.292 e. The first-order valence-corrected chi connectivity index (χ1v) is 10.8. The van der Waals surface area contributed by atoms with Crippen LogP contribution < -0.4 is 0 Å². The Hall–Kier alpha value is -4.24. The number of aromatic nitrogens is 3. The van der Waals surface area contributed by atoms with Crippen LogP contribution in [-0.2, 0) is 0 Å². The Morgan fingerprint density at radius 1 is 0.656 bits per heavy atom. The topological polar surface area (TPSA) is 30.7 Å². The van der Waals surface area contributed by atoms with Crippen molar-refractivity contribution in [3.05, 3.63) is 115 Å².